The van der Waals surface area contributed by atoms with Gasteiger partial charge < -0.3 is 10.1 Å². The van der Waals surface area contributed by atoms with Gasteiger partial charge in [-0.2, -0.15) is 13.2 Å². The van der Waals surface area contributed by atoms with Gasteiger partial charge in [-0.1, -0.05) is 42.5 Å². The zero-order chi connectivity index (χ0) is 26.9. The Kier molecular flexibility index (Phi) is 6.54. The third kappa shape index (κ3) is 4.80. The Bertz CT molecular complexity index is 1620. The van der Waals surface area contributed by atoms with E-state index in [0.717, 1.165) is 17.7 Å². The number of hydrogen-bond acceptors (Lipinski definition) is 6. The fourth-order valence-electron chi connectivity index (χ4n) is 4.20. The van der Waals surface area contributed by atoms with Crippen molar-refractivity contribution in [2.45, 2.75) is 19.1 Å². The lowest BCUT2D eigenvalue weighted by Gasteiger charge is -2.15. The number of hydrogen-bond donors (Lipinski definition) is 1. The molecule has 1 atom stereocenters. The molecular formula is C28H22F3N5O2. The SMILES string of the molecule is COC(=O)c1cccn2c(-c3ccnc(N[C@H](C)c4ccccc4)n3)c(-c3cccc(C(F)(F)F)c3)nc12. The van der Waals surface area contributed by atoms with E-state index in [1.54, 1.807) is 35.0 Å². The van der Waals surface area contributed by atoms with Gasteiger partial charge in [0.05, 0.1) is 35.8 Å². The zero-order valence-corrected chi connectivity index (χ0v) is 20.4. The third-order valence-corrected chi connectivity index (χ3v) is 6.06. The minimum absolute atomic E-state index is 0.109. The molecule has 7 nitrogen and oxygen atoms in total. The number of pyridine rings is 1. The second kappa shape index (κ2) is 9.97. The van der Waals surface area contributed by atoms with Gasteiger partial charge in [0.2, 0.25) is 5.95 Å². The van der Waals surface area contributed by atoms with Crippen LogP contribution in [0.25, 0.3) is 28.3 Å². The third-order valence-electron chi connectivity index (χ3n) is 6.06. The summed E-state index contributed by atoms with van der Waals surface area (Å²) in [7, 11) is 1.25. The molecule has 3 heterocycles. The molecule has 0 aliphatic heterocycles. The summed E-state index contributed by atoms with van der Waals surface area (Å²) in [5, 5.41) is 3.26. The van der Waals surface area contributed by atoms with Crippen LogP contribution in [0, 0.1) is 0 Å². The molecule has 10 heteroatoms. The van der Waals surface area contributed by atoms with E-state index in [1.807, 2.05) is 37.3 Å². The minimum Gasteiger partial charge on any atom is -0.465 e. The second-order valence-electron chi connectivity index (χ2n) is 8.54. The summed E-state index contributed by atoms with van der Waals surface area (Å²) in [6.07, 6.45) is -1.31. The van der Waals surface area contributed by atoms with Crippen molar-refractivity contribution in [3.05, 3.63) is 102 Å². The Balaban J connectivity index is 1.68. The van der Waals surface area contributed by atoms with Crippen molar-refractivity contribution in [2.24, 2.45) is 0 Å². The first-order chi connectivity index (χ1) is 18.3. The van der Waals surface area contributed by atoms with Crippen LogP contribution in [-0.4, -0.2) is 32.4 Å². The number of carbonyl (C=O) groups excluding carboxylic acids is 1. The van der Waals surface area contributed by atoms with Gasteiger partial charge in [0, 0.05) is 18.0 Å². The quantitative estimate of drug-likeness (QED) is 0.261. The molecule has 0 saturated carbocycles. The summed E-state index contributed by atoms with van der Waals surface area (Å²) in [4.78, 5) is 26.0. The Morgan fingerprint density at radius 2 is 1.79 bits per heavy atom. The molecule has 0 radical (unpaired) electrons. The van der Waals surface area contributed by atoms with Crippen LogP contribution >= 0.6 is 0 Å². The second-order valence-corrected chi connectivity index (χ2v) is 8.54. The number of imidazole rings is 1. The fraction of sp³-hybridized carbons (Fsp3) is 0.143. The van der Waals surface area contributed by atoms with Gasteiger partial charge in [0.15, 0.2) is 5.65 Å². The Morgan fingerprint density at radius 3 is 2.53 bits per heavy atom. The van der Waals surface area contributed by atoms with Crippen LogP contribution in [0.4, 0.5) is 19.1 Å². The van der Waals surface area contributed by atoms with Gasteiger partial charge in [-0.15, -0.1) is 0 Å². The first-order valence-corrected chi connectivity index (χ1v) is 11.7. The number of rotatable bonds is 6. The van der Waals surface area contributed by atoms with Crippen molar-refractivity contribution < 1.29 is 22.7 Å². The Hall–Kier alpha value is -4.73. The molecule has 0 aliphatic carbocycles. The molecule has 0 aliphatic rings. The van der Waals surface area contributed by atoms with E-state index in [1.165, 1.54) is 19.2 Å². The summed E-state index contributed by atoms with van der Waals surface area (Å²) < 4.78 is 47.1. The lowest BCUT2D eigenvalue weighted by molar-refractivity contribution is -0.137. The number of esters is 1. The molecule has 5 rings (SSSR count). The van der Waals surface area contributed by atoms with Crippen molar-refractivity contribution in [3.8, 4) is 22.6 Å². The molecule has 0 fully saturated rings. The van der Waals surface area contributed by atoms with Gasteiger partial charge in [-0.3, -0.25) is 4.40 Å². The number of nitrogens with zero attached hydrogens (tertiary/aromatic N) is 4. The molecular weight excluding hydrogens is 495 g/mol. The summed E-state index contributed by atoms with van der Waals surface area (Å²) in [6, 6.07) is 19.4. The molecule has 192 valence electrons. The van der Waals surface area contributed by atoms with Crippen LogP contribution in [0.2, 0.25) is 0 Å². The molecule has 2 aromatic carbocycles. The van der Waals surface area contributed by atoms with Crippen LogP contribution in [0.1, 0.15) is 34.5 Å². The number of alkyl halides is 3. The average molecular weight is 518 g/mol. The smallest absolute Gasteiger partial charge is 0.416 e. The maximum Gasteiger partial charge on any atom is 0.416 e. The average Bonchev–Trinajstić information content (AvgIpc) is 3.33. The van der Waals surface area contributed by atoms with E-state index in [0.29, 0.717) is 17.3 Å². The highest BCUT2D eigenvalue weighted by Gasteiger charge is 2.31. The molecule has 0 spiro atoms. The Morgan fingerprint density at radius 1 is 1.00 bits per heavy atom. The summed E-state index contributed by atoms with van der Waals surface area (Å²) in [5.41, 5.74) is 1.88. The number of methoxy groups -OCH3 is 1. The summed E-state index contributed by atoms with van der Waals surface area (Å²) >= 11 is 0. The summed E-state index contributed by atoms with van der Waals surface area (Å²) in [6.45, 7) is 1.97. The fourth-order valence-corrected chi connectivity index (χ4v) is 4.20. The lowest BCUT2D eigenvalue weighted by Crippen LogP contribution is -2.10. The van der Waals surface area contributed by atoms with Crippen molar-refractivity contribution >= 4 is 17.6 Å². The van der Waals surface area contributed by atoms with Crippen LogP contribution in [0.5, 0.6) is 0 Å². The normalized spacial score (nSPS) is 12.3. The Labute approximate surface area is 216 Å². The molecule has 5 aromatic rings. The highest BCUT2D eigenvalue weighted by molar-refractivity contribution is 5.97. The van der Waals surface area contributed by atoms with E-state index >= 15 is 0 Å². The minimum atomic E-state index is -4.54. The van der Waals surface area contributed by atoms with Gasteiger partial charge in [0.25, 0.3) is 0 Å². The highest BCUT2D eigenvalue weighted by atomic mass is 19.4. The van der Waals surface area contributed by atoms with Gasteiger partial charge >= 0.3 is 12.1 Å². The summed E-state index contributed by atoms with van der Waals surface area (Å²) in [5.74, 6) is -0.294. The lowest BCUT2D eigenvalue weighted by atomic mass is 10.0. The molecule has 0 unspecified atom stereocenters. The molecule has 38 heavy (non-hydrogen) atoms. The van der Waals surface area contributed by atoms with Gasteiger partial charge in [-0.05, 0) is 42.8 Å². The largest absolute Gasteiger partial charge is 0.465 e. The molecule has 0 bridgehead atoms. The number of ether oxygens (including phenoxy) is 1. The van der Waals surface area contributed by atoms with E-state index in [2.05, 4.69) is 20.3 Å². The van der Waals surface area contributed by atoms with Crippen molar-refractivity contribution in [1.82, 2.24) is 19.4 Å². The molecule has 0 amide bonds. The zero-order valence-electron chi connectivity index (χ0n) is 20.4. The first kappa shape index (κ1) is 24.9. The van der Waals surface area contributed by atoms with E-state index in [9.17, 15) is 18.0 Å². The van der Waals surface area contributed by atoms with E-state index in [-0.39, 0.29) is 28.5 Å². The number of aromatic nitrogens is 4. The number of halogens is 3. The monoisotopic (exact) mass is 517 g/mol. The number of nitrogens with one attached hydrogen (secondary N) is 1. The number of carbonyl (C=O) groups is 1. The molecule has 0 saturated heterocycles. The van der Waals surface area contributed by atoms with Crippen molar-refractivity contribution in [2.75, 3.05) is 12.4 Å². The number of fused-ring (bicyclic) bond motifs is 1. The van der Waals surface area contributed by atoms with Crippen molar-refractivity contribution in [3.63, 3.8) is 0 Å². The van der Waals surface area contributed by atoms with Crippen LogP contribution in [0.3, 0.4) is 0 Å². The topological polar surface area (TPSA) is 81.4 Å². The number of anilines is 1. The molecule has 3 aromatic heterocycles. The first-order valence-electron chi connectivity index (χ1n) is 11.7. The number of benzene rings is 2. The van der Waals surface area contributed by atoms with Crippen LogP contribution in [0.15, 0.2) is 85.2 Å². The van der Waals surface area contributed by atoms with E-state index in [4.69, 9.17) is 4.74 Å². The van der Waals surface area contributed by atoms with Gasteiger partial charge in [-0.25, -0.2) is 19.7 Å². The predicted molar refractivity (Wildman–Crippen MR) is 136 cm³/mol. The van der Waals surface area contributed by atoms with Gasteiger partial charge in [0.1, 0.15) is 5.56 Å². The molecule has 1 N–H and O–H groups in total. The van der Waals surface area contributed by atoms with E-state index < -0.39 is 17.7 Å². The maximum absolute atomic E-state index is 13.5. The van der Waals surface area contributed by atoms with Crippen LogP contribution in [-0.2, 0) is 10.9 Å². The highest BCUT2D eigenvalue weighted by Crippen LogP contribution is 2.37. The standard InChI is InChI=1S/C28H22F3N5O2/c1-17(18-8-4-3-5-9-18)33-27-32-14-13-22(34-27)24-23(19-10-6-11-20(16-19)28(29,30)31)35-25-21(26(37)38-2)12-7-15-36(24)25/h3-17H,1-2H3,(H,32,33,34)/t17-/m1/s1. The predicted octanol–water partition coefficient (Wildman–Crippen LogP) is 6.44. The van der Waals surface area contributed by atoms with Crippen molar-refractivity contribution in [1.29, 1.82) is 0 Å². The van der Waals surface area contributed by atoms with Crippen LogP contribution < -0.4 is 5.32 Å². The maximum atomic E-state index is 13.5.